The summed E-state index contributed by atoms with van der Waals surface area (Å²) in [6, 6.07) is 3.38. The number of hydrogen-bond acceptors (Lipinski definition) is 3. The minimum absolute atomic E-state index is 0.00805. The molecular weight excluding hydrogens is 170 g/mol. The Kier molecular flexibility index (Phi) is 3.25. The molecule has 0 N–H and O–H groups in total. The molecule has 0 spiro atoms. The molecule has 0 unspecified atom stereocenters. The number of ketones is 1. The molecule has 0 aliphatic heterocycles. The van der Waals surface area contributed by atoms with Crippen molar-refractivity contribution < 1.29 is 14.0 Å². The predicted octanol–water partition coefficient (Wildman–Crippen LogP) is 1.19. The first-order valence-corrected chi connectivity index (χ1v) is 4.00. The standard InChI is InChI=1S/C9H11NO3/c1-8(11)4-5-10(12)7-9-3-2-6-13-9/h2-3,6-7H,4-5H2,1H3/b10-7-. The fraction of sp³-hybridized carbons (Fsp3) is 0.333. The average molecular weight is 181 g/mol. The van der Waals surface area contributed by atoms with E-state index in [-0.39, 0.29) is 18.7 Å². The molecule has 0 radical (unpaired) electrons. The van der Waals surface area contributed by atoms with Gasteiger partial charge in [0.2, 0.25) is 6.21 Å². The molecule has 0 atom stereocenters. The minimum atomic E-state index is 0.00805. The fourth-order valence-electron chi connectivity index (χ4n) is 0.839. The first-order chi connectivity index (χ1) is 6.18. The van der Waals surface area contributed by atoms with E-state index in [0.717, 1.165) is 0 Å². The van der Waals surface area contributed by atoms with Gasteiger partial charge in [0, 0.05) is 0 Å². The summed E-state index contributed by atoms with van der Waals surface area (Å²) in [5, 5.41) is 11.1. The largest absolute Gasteiger partial charge is 0.624 e. The Labute approximate surface area is 76.1 Å². The van der Waals surface area contributed by atoms with Crippen LogP contribution >= 0.6 is 0 Å². The molecular formula is C9H11NO3. The number of hydrogen-bond donors (Lipinski definition) is 0. The van der Waals surface area contributed by atoms with Crippen molar-refractivity contribution in [2.24, 2.45) is 0 Å². The summed E-state index contributed by atoms with van der Waals surface area (Å²) >= 11 is 0. The number of carbonyl (C=O) groups is 1. The maximum absolute atomic E-state index is 11.1. The van der Waals surface area contributed by atoms with Crippen LogP contribution in [0.2, 0.25) is 0 Å². The molecule has 0 amide bonds. The van der Waals surface area contributed by atoms with E-state index >= 15 is 0 Å². The van der Waals surface area contributed by atoms with E-state index < -0.39 is 0 Å². The van der Waals surface area contributed by atoms with E-state index in [9.17, 15) is 10.0 Å². The van der Waals surface area contributed by atoms with Crippen molar-refractivity contribution >= 4 is 12.0 Å². The van der Waals surface area contributed by atoms with Crippen molar-refractivity contribution in [2.45, 2.75) is 13.3 Å². The van der Waals surface area contributed by atoms with Crippen LogP contribution in [0.4, 0.5) is 0 Å². The monoisotopic (exact) mass is 181 g/mol. The summed E-state index contributed by atoms with van der Waals surface area (Å²) in [6.07, 6.45) is 3.08. The summed E-state index contributed by atoms with van der Waals surface area (Å²) in [4.78, 5) is 10.5. The van der Waals surface area contributed by atoms with E-state index in [1.807, 2.05) is 0 Å². The van der Waals surface area contributed by atoms with E-state index in [4.69, 9.17) is 4.42 Å². The molecule has 0 bridgehead atoms. The fourth-order valence-corrected chi connectivity index (χ4v) is 0.839. The molecule has 0 aliphatic carbocycles. The summed E-state index contributed by atoms with van der Waals surface area (Å²) < 4.78 is 5.62. The predicted molar refractivity (Wildman–Crippen MR) is 47.7 cm³/mol. The Morgan fingerprint density at radius 1 is 1.77 bits per heavy atom. The second-order valence-corrected chi connectivity index (χ2v) is 2.74. The zero-order valence-electron chi connectivity index (χ0n) is 7.40. The van der Waals surface area contributed by atoms with Crippen LogP contribution in [0.5, 0.6) is 0 Å². The normalized spacial score (nSPS) is 11.6. The van der Waals surface area contributed by atoms with Crippen LogP contribution in [0.25, 0.3) is 0 Å². The second kappa shape index (κ2) is 4.45. The van der Waals surface area contributed by atoms with Gasteiger partial charge in [0.25, 0.3) is 0 Å². The third-order valence-electron chi connectivity index (χ3n) is 1.50. The molecule has 13 heavy (non-hydrogen) atoms. The number of carbonyl (C=O) groups excluding carboxylic acids is 1. The van der Waals surface area contributed by atoms with E-state index in [1.165, 1.54) is 19.4 Å². The van der Waals surface area contributed by atoms with Crippen LogP contribution in [0.3, 0.4) is 0 Å². The van der Waals surface area contributed by atoms with Crippen molar-refractivity contribution in [1.82, 2.24) is 0 Å². The molecule has 1 heterocycles. The van der Waals surface area contributed by atoms with Gasteiger partial charge in [-0.2, -0.15) is 0 Å². The van der Waals surface area contributed by atoms with Crippen molar-refractivity contribution in [1.29, 1.82) is 0 Å². The zero-order valence-corrected chi connectivity index (χ0v) is 7.40. The van der Waals surface area contributed by atoms with Gasteiger partial charge in [-0.25, -0.2) is 4.74 Å². The topological polar surface area (TPSA) is 56.3 Å². The number of nitrogens with zero attached hydrogens (tertiary/aromatic N) is 1. The van der Waals surface area contributed by atoms with E-state index in [0.29, 0.717) is 10.5 Å². The first-order valence-electron chi connectivity index (χ1n) is 4.00. The molecule has 0 aliphatic rings. The van der Waals surface area contributed by atoms with Crippen LogP contribution in [0, 0.1) is 5.21 Å². The van der Waals surface area contributed by atoms with E-state index in [2.05, 4.69) is 0 Å². The molecule has 0 aromatic carbocycles. The van der Waals surface area contributed by atoms with Gasteiger partial charge in [-0.1, -0.05) is 0 Å². The Balaban J connectivity index is 2.47. The minimum Gasteiger partial charge on any atom is -0.624 e. The first kappa shape index (κ1) is 9.51. The molecule has 0 fully saturated rings. The lowest BCUT2D eigenvalue weighted by Crippen LogP contribution is -2.10. The number of Topliss-reactive ketones (excluding diaryl/α,β-unsaturated/α-hetero) is 1. The maximum Gasteiger partial charge on any atom is 0.217 e. The highest BCUT2D eigenvalue weighted by Gasteiger charge is 2.00. The van der Waals surface area contributed by atoms with Crippen LogP contribution < -0.4 is 0 Å². The van der Waals surface area contributed by atoms with Gasteiger partial charge in [-0.05, 0) is 19.1 Å². The number of furan rings is 1. The average Bonchev–Trinajstić information content (AvgIpc) is 2.53. The van der Waals surface area contributed by atoms with Gasteiger partial charge in [0.1, 0.15) is 5.78 Å². The molecule has 0 saturated heterocycles. The molecule has 70 valence electrons. The van der Waals surface area contributed by atoms with Gasteiger partial charge in [-0.15, -0.1) is 0 Å². The van der Waals surface area contributed by atoms with Gasteiger partial charge in [0.15, 0.2) is 12.3 Å². The SMILES string of the molecule is CC(=O)CC/[N+]([O-])=C/c1ccco1. The van der Waals surface area contributed by atoms with E-state index in [1.54, 1.807) is 12.1 Å². The third-order valence-corrected chi connectivity index (χ3v) is 1.50. The Hall–Kier alpha value is -1.58. The molecule has 1 aromatic rings. The lowest BCUT2D eigenvalue weighted by atomic mass is 10.3. The molecule has 4 nitrogen and oxygen atoms in total. The Morgan fingerprint density at radius 3 is 3.08 bits per heavy atom. The summed E-state index contributed by atoms with van der Waals surface area (Å²) in [7, 11) is 0. The van der Waals surface area contributed by atoms with Crippen molar-refractivity contribution in [3.8, 4) is 0 Å². The lowest BCUT2D eigenvalue weighted by molar-refractivity contribution is -0.451. The number of hydroxylamine groups is 1. The quantitative estimate of drug-likeness (QED) is 0.303. The van der Waals surface area contributed by atoms with Crippen molar-refractivity contribution in [2.75, 3.05) is 6.54 Å². The maximum atomic E-state index is 11.1. The molecule has 0 saturated carbocycles. The van der Waals surface area contributed by atoms with Crippen LogP contribution in [0.15, 0.2) is 22.8 Å². The lowest BCUT2D eigenvalue weighted by Gasteiger charge is -2.00. The summed E-state index contributed by atoms with van der Waals surface area (Å²) in [6.45, 7) is 1.64. The molecule has 1 aromatic heterocycles. The van der Waals surface area contributed by atoms with Gasteiger partial charge in [0.05, 0.1) is 12.7 Å². The van der Waals surface area contributed by atoms with Crippen molar-refractivity contribution in [3.05, 3.63) is 29.4 Å². The Bertz CT molecular complexity index is 301. The van der Waals surface area contributed by atoms with Gasteiger partial charge in [-0.3, -0.25) is 4.79 Å². The second-order valence-electron chi connectivity index (χ2n) is 2.74. The Morgan fingerprint density at radius 2 is 2.54 bits per heavy atom. The van der Waals surface area contributed by atoms with Gasteiger partial charge < -0.3 is 9.62 Å². The molecule has 4 heteroatoms. The van der Waals surface area contributed by atoms with Crippen LogP contribution in [-0.4, -0.2) is 23.3 Å². The van der Waals surface area contributed by atoms with Crippen LogP contribution in [-0.2, 0) is 4.79 Å². The smallest absolute Gasteiger partial charge is 0.217 e. The van der Waals surface area contributed by atoms with Crippen molar-refractivity contribution in [3.63, 3.8) is 0 Å². The van der Waals surface area contributed by atoms with Crippen LogP contribution in [0.1, 0.15) is 19.1 Å². The third kappa shape index (κ3) is 3.55. The summed E-state index contributed by atoms with van der Waals surface area (Å²) in [5.74, 6) is 0.507. The number of rotatable bonds is 4. The highest BCUT2D eigenvalue weighted by molar-refractivity contribution is 5.75. The highest BCUT2D eigenvalue weighted by Crippen LogP contribution is 1.95. The molecule has 1 rings (SSSR count). The van der Waals surface area contributed by atoms with Gasteiger partial charge >= 0.3 is 0 Å². The summed E-state index contributed by atoms with van der Waals surface area (Å²) in [5.41, 5.74) is 0. The zero-order chi connectivity index (χ0) is 9.68. The highest BCUT2D eigenvalue weighted by atomic mass is 16.5.